The minimum absolute atomic E-state index is 0.269. The van der Waals surface area contributed by atoms with Crippen LogP contribution in [0.1, 0.15) is 18.1 Å². The van der Waals surface area contributed by atoms with Crippen molar-refractivity contribution in [2.75, 3.05) is 0 Å². The van der Waals surface area contributed by atoms with Gasteiger partial charge in [0.25, 0.3) is 0 Å². The molecule has 0 bridgehead atoms. The molecule has 78 valence electrons. The zero-order chi connectivity index (χ0) is 10.8. The van der Waals surface area contributed by atoms with E-state index in [1.54, 1.807) is 6.20 Å². The Hall–Kier alpha value is -1.84. The summed E-state index contributed by atoms with van der Waals surface area (Å²) in [6, 6.07) is 3.95. The predicted octanol–water partition coefficient (Wildman–Crippen LogP) is 1.93. The quantitative estimate of drug-likeness (QED) is 0.760. The van der Waals surface area contributed by atoms with Crippen molar-refractivity contribution in [2.24, 2.45) is 0 Å². The fraction of sp³-hybridized carbons (Fsp3) is 0.273. The SMILES string of the molecule is CC(=O)OCc1c(C)ccc2[nH]ncc12. The smallest absolute Gasteiger partial charge is 0.302 e. The van der Waals surface area contributed by atoms with Crippen molar-refractivity contribution in [2.45, 2.75) is 20.5 Å². The van der Waals surface area contributed by atoms with E-state index in [1.165, 1.54) is 6.92 Å². The summed E-state index contributed by atoms with van der Waals surface area (Å²) in [6.45, 7) is 3.70. The van der Waals surface area contributed by atoms with E-state index >= 15 is 0 Å². The second kappa shape index (κ2) is 3.73. The Morgan fingerprint density at radius 2 is 2.33 bits per heavy atom. The van der Waals surface area contributed by atoms with Gasteiger partial charge >= 0.3 is 5.97 Å². The van der Waals surface area contributed by atoms with Crippen molar-refractivity contribution < 1.29 is 9.53 Å². The fourth-order valence-electron chi connectivity index (χ4n) is 1.55. The lowest BCUT2D eigenvalue weighted by molar-refractivity contribution is -0.142. The second-order valence-corrected chi connectivity index (χ2v) is 3.47. The molecule has 0 atom stereocenters. The average Bonchev–Trinajstić information content (AvgIpc) is 2.63. The van der Waals surface area contributed by atoms with E-state index in [0.717, 1.165) is 22.0 Å². The van der Waals surface area contributed by atoms with Crippen molar-refractivity contribution >= 4 is 16.9 Å². The van der Waals surface area contributed by atoms with E-state index < -0.39 is 0 Å². The minimum Gasteiger partial charge on any atom is -0.461 e. The number of carbonyl (C=O) groups excluding carboxylic acids is 1. The first-order valence-corrected chi connectivity index (χ1v) is 4.73. The standard InChI is InChI=1S/C11H12N2O2/c1-7-3-4-11-9(5-12-13-11)10(7)6-15-8(2)14/h3-5H,6H2,1-2H3,(H,12,13). The highest BCUT2D eigenvalue weighted by molar-refractivity contribution is 5.83. The van der Waals surface area contributed by atoms with E-state index in [4.69, 9.17) is 4.74 Å². The number of rotatable bonds is 2. The number of esters is 1. The summed E-state index contributed by atoms with van der Waals surface area (Å²) in [7, 11) is 0. The first-order valence-electron chi connectivity index (χ1n) is 4.73. The Kier molecular flexibility index (Phi) is 2.41. The summed E-state index contributed by atoms with van der Waals surface area (Å²) >= 11 is 0. The van der Waals surface area contributed by atoms with Crippen molar-refractivity contribution in [1.29, 1.82) is 0 Å². The molecule has 0 unspecified atom stereocenters. The molecular weight excluding hydrogens is 192 g/mol. The van der Waals surface area contributed by atoms with Crippen LogP contribution in [0.3, 0.4) is 0 Å². The molecule has 0 aliphatic heterocycles. The van der Waals surface area contributed by atoms with Crippen LogP contribution in [-0.4, -0.2) is 16.2 Å². The highest BCUT2D eigenvalue weighted by Crippen LogP contribution is 2.20. The fourth-order valence-corrected chi connectivity index (χ4v) is 1.55. The summed E-state index contributed by atoms with van der Waals surface area (Å²) in [5, 5.41) is 7.86. The Labute approximate surface area is 87.2 Å². The molecular formula is C11H12N2O2. The van der Waals surface area contributed by atoms with Crippen LogP contribution in [0.15, 0.2) is 18.3 Å². The molecule has 15 heavy (non-hydrogen) atoms. The molecule has 0 amide bonds. The number of nitrogens with zero attached hydrogens (tertiary/aromatic N) is 1. The molecule has 0 saturated heterocycles. The Balaban J connectivity index is 2.42. The van der Waals surface area contributed by atoms with E-state index in [2.05, 4.69) is 10.2 Å². The number of aromatic amines is 1. The number of nitrogens with one attached hydrogen (secondary N) is 1. The number of fused-ring (bicyclic) bond motifs is 1. The highest BCUT2D eigenvalue weighted by atomic mass is 16.5. The first kappa shape index (κ1) is 9.71. The lowest BCUT2D eigenvalue weighted by Gasteiger charge is -2.06. The topological polar surface area (TPSA) is 55.0 Å². The van der Waals surface area contributed by atoms with Gasteiger partial charge in [-0.25, -0.2) is 0 Å². The third-order valence-electron chi connectivity index (χ3n) is 2.39. The maximum absolute atomic E-state index is 10.8. The maximum Gasteiger partial charge on any atom is 0.302 e. The number of benzene rings is 1. The molecule has 0 aliphatic carbocycles. The second-order valence-electron chi connectivity index (χ2n) is 3.47. The molecule has 2 rings (SSSR count). The van der Waals surface area contributed by atoms with E-state index in [9.17, 15) is 4.79 Å². The molecule has 0 fully saturated rings. The highest BCUT2D eigenvalue weighted by Gasteiger charge is 2.07. The van der Waals surface area contributed by atoms with Crippen LogP contribution in [-0.2, 0) is 16.1 Å². The molecule has 4 nitrogen and oxygen atoms in total. The van der Waals surface area contributed by atoms with Crippen molar-refractivity contribution in [3.05, 3.63) is 29.5 Å². The Morgan fingerprint density at radius 1 is 1.53 bits per heavy atom. The molecule has 0 saturated carbocycles. The third kappa shape index (κ3) is 1.83. The van der Waals surface area contributed by atoms with Crippen LogP contribution < -0.4 is 0 Å². The van der Waals surface area contributed by atoms with Crippen molar-refractivity contribution in [1.82, 2.24) is 10.2 Å². The molecule has 0 radical (unpaired) electrons. The summed E-state index contributed by atoms with van der Waals surface area (Å²) in [5.74, 6) is -0.269. The molecule has 2 aromatic rings. The Morgan fingerprint density at radius 3 is 3.07 bits per heavy atom. The van der Waals surface area contributed by atoms with E-state index in [-0.39, 0.29) is 5.97 Å². The van der Waals surface area contributed by atoms with Crippen LogP contribution in [0.5, 0.6) is 0 Å². The first-order chi connectivity index (χ1) is 7.18. The number of H-pyrrole nitrogens is 1. The van der Waals surface area contributed by atoms with Gasteiger partial charge < -0.3 is 4.74 Å². The average molecular weight is 204 g/mol. The van der Waals surface area contributed by atoms with Gasteiger partial charge in [0.2, 0.25) is 0 Å². The number of hydrogen-bond donors (Lipinski definition) is 1. The number of aryl methyl sites for hydroxylation is 1. The van der Waals surface area contributed by atoms with Crippen LogP contribution in [0.2, 0.25) is 0 Å². The summed E-state index contributed by atoms with van der Waals surface area (Å²) in [4.78, 5) is 10.8. The maximum atomic E-state index is 10.8. The lowest BCUT2D eigenvalue weighted by Crippen LogP contribution is -2.00. The normalized spacial score (nSPS) is 10.5. The molecule has 1 aromatic heterocycles. The van der Waals surface area contributed by atoms with Gasteiger partial charge in [-0.3, -0.25) is 9.89 Å². The van der Waals surface area contributed by atoms with Gasteiger partial charge in [-0.2, -0.15) is 5.10 Å². The monoisotopic (exact) mass is 204 g/mol. The molecule has 4 heteroatoms. The van der Waals surface area contributed by atoms with Gasteiger partial charge in [-0.15, -0.1) is 0 Å². The van der Waals surface area contributed by atoms with Gasteiger partial charge in [0, 0.05) is 17.9 Å². The number of ether oxygens (including phenoxy) is 1. The predicted molar refractivity (Wildman–Crippen MR) is 56.3 cm³/mol. The summed E-state index contributed by atoms with van der Waals surface area (Å²) < 4.78 is 5.01. The van der Waals surface area contributed by atoms with E-state index in [0.29, 0.717) is 6.61 Å². The zero-order valence-corrected chi connectivity index (χ0v) is 8.70. The van der Waals surface area contributed by atoms with Crippen molar-refractivity contribution in [3.63, 3.8) is 0 Å². The molecule has 1 heterocycles. The van der Waals surface area contributed by atoms with Crippen LogP contribution >= 0.6 is 0 Å². The van der Waals surface area contributed by atoms with Crippen LogP contribution in [0.25, 0.3) is 10.9 Å². The molecule has 1 N–H and O–H groups in total. The minimum atomic E-state index is -0.269. The number of carbonyl (C=O) groups is 1. The lowest BCUT2D eigenvalue weighted by atomic mass is 10.1. The number of hydrogen-bond acceptors (Lipinski definition) is 3. The van der Waals surface area contributed by atoms with Crippen LogP contribution in [0.4, 0.5) is 0 Å². The molecule has 1 aromatic carbocycles. The summed E-state index contributed by atoms with van der Waals surface area (Å²) in [5.41, 5.74) is 3.07. The van der Waals surface area contributed by atoms with Crippen molar-refractivity contribution in [3.8, 4) is 0 Å². The van der Waals surface area contributed by atoms with Gasteiger partial charge in [-0.1, -0.05) is 6.07 Å². The third-order valence-corrected chi connectivity index (χ3v) is 2.39. The molecule has 0 spiro atoms. The Bertz CT molecular complexity index is 502. The van der Waals surface area contributed by atoms with Crippen LogP contribution in [0, 0.1) is 6.92 Å². The van der Waals surface area contributed by atoms with Gasteiger partial charge in [0.15, 0.2) is 0 Å². The zero-order valence-electron chi connectivity index (χ0n) is 8.70. The number of aromatic nitrogens is 2. The molecule has 0 aliphatic rings. The van der Waals surface area contributed by atoms with Gasteiger partial charge in [-0.05, 0) is 18.6 Å². The summed E-state index contributed by atoms with van der Waals surface area (Å²) in [6.07, 6.45) is 1.75. The van der Waals surface area contributed by atoms with Gasteiger partial charge in [0.05, 0.1) is 11.7 Å². The largest absolute Gasteiger partial charge is 0.461 e. The van der Waals surface area contributed by atoms with E-state index in [1.807, 2.05) is 19.1 Å². The van der Waals surface area contributed by atoms with Gasteiger partial charge in [0.1, 0.15) is 6.61 Å².